The van der Waals surface area contributed by atoms with E-state index in [2.05, 4.69) is 20.5 Å². The quantitative estimate of drug-likeness (QED) is 0.579. The summed E-state index contributed by atoms with van der Waals surface area (Å²) >= 11 is 0. The predicted octanol–water partition coefficient (Wildman–Crippen LogP) is 3.27. The van der Waals surface area contributed by atoms with Gasteiger partial charge in [-0.3, -0.25) is 4.79 Å². The Balaban J connectivity index is 1.52. The van der Waals surface area contributed by atoms with Crippen molar-refractivity contribution in [3.63, 3.8) is 0 Å². The van der Waals surface area contributed by atoms with Gasteiger partial charge < -0.3 is 20.3 Å². The molecular weight excluding hydrogens is 371 g/mol. The van der Waals surface area contributed by atoms with Gasteiger partial charge in [-0.2, -0.15) is 0 Å². The lowest BCUT2D eigenvalue weighted by Crippen LogP contribution is -2.47. The van der Waals surface area contributed by atoms with Crippen molar-refractivity contribution in [2.75, 3.05) is 31.5 Å². The van der Waals surface area contributed by atoms with Crippen molar-refractivity contribution in [3.8, 4) is 5.75 Å². The number of guanidine groups is 1. The number of para-hydroxylation sites is 1. The molecule has 3 rings (SSSR count). The molecule has 1 aliphatic rings. The number of carbonyl (C=O) groups excluding carboxylic acids is 1. The van der Waals surface area contributed by atoms with Gasteiger partial charge in [0.15, 0.2) is 5.96 Å². The summed E-state index contributed by atoms with van der Waals surface area (Å²) in [5.74, 6) is 0.925. The van der Waals surface area contributed by atoms with Crippen LogP contribution < -0.4 is 15.4 Å². The predicted molar refractivity (Wildman–Crippen MR) is 113 cm³/mol. The van der Waals surface area contributed by atoms with E-state index in [0.717, 1.165) is 31.7 Å². The number of aliphatic imine (C=N–C) groups is 1. The number of nitrogens with zero attached hydrogens (tertiary/aromatic N) is 2. The van der Waals surface area contributed by atoms with E-state index in [0.29, 0.717) is 18.2 Å². The molecule has 1 fully saturated rings. The molecule has 0 aromatic heterocycles. The van der Waals surface area contributed by atoms with Gasteiger partial charge in [0.05, 0.1) is 0 Å². The van der Waals surface area contributed by atoms with Crippen LogP contribution in [0.4, 0.5) is 10.1 Å². The second-order valence-electron chi connectivity index (χ2n) is 6.85. The van der Waals surface area contributed by atoms with Gasteiger partial charge in [-0.25, -0.2) is 9.38 Å². The first-order chi connectivity index (χ1) is 14.1. The number of nitrogens with one attached hydrogen (secondary N) is 2. The summed E-state index contributed by atoms with van der Waals surface area (Å²) in [5, 5.41) is 5.91. The number of ether oxygens (including phenoxy) is 1. The highest BCUT2D eigenvalue weighted by Gasteiger charge is 2.22. The van der Waals surface area contributed by atoms with Crippen LogP contribution in [0, 0.1) is 5.82 Å². The number of anilines is 1. The fraction of sp³-hybridized carbons (Fsp3) is 0.364. The molecule has 0 saturated carbocycles. The third kappa shape index (κ3) is 6.48. The summed E-state index contributed by atoms with van der Waals surface area (Å²) in [6.07, 6.45) is 1.94. The van der Waals surface area contributed by atoms with E-state index in [4.69, 9.17) is 4.74 Å². The van der Waals surface area contributed by atoms with Gasteiger partial charge in [-0.05, 0) is 37.3 Å². The Kier molecular flexibility index (Phi) is 7.44. The van der Waals surface area contributed by atoms with E-state index in [1.165, 1.54) is 12.1 Å². The van der Waals surface area contributed by atoms with Crippen LogP contribution in [0.5, 0.6) is 5.75 Å². The van der Waals surface area contributed by atoms with Gasteiger partial charge in [0.1, 0.15) is 24.2 Å². The Morgan fingerprint density at radius 2 is 1.93 bits per heavy atom. The smallest absolute Gasteiger partial charge is 0.246 e. The molecule has 0 aliphatic carbocycles. The minimum atomic E-state index is -0.389. The van der Waals surface area contributed by atoms with Gasteiger partial charge in [0.25, 0.3) is 0 Å². The van der Waals surface area contributed by atoms with Crippen LogP contribution in [0.3, 0.4) is 0 Å². The first-order valence-corrected chi connectivity index (χ1v) is 9.94. The SMILES string of the molecule is CCNC(=NCC(=O)Nc1cccc(F)c1)N1CCC(Oc2ccccc2)CC1. The maximum absolute atomic E-state index is 13.2. The number of hydrogen-bond acceptors (Lipinski definition) is 3. The van der Waals surface area contributed by atoms with Crippen LogP contribution in [-0.4, -0.2) is 49.0 Å². The highest BCUT2D eigenvalue weighted by Crippen LogP contribution is 2.18. The summed E-state index contributed by atoms with van der Waals surface area (Å²) in [7, 11) is 0. The summed E-state index contributed by atoms with van der Waals surface area (Å²) in [4.78, 5) is 18.8. The highest BCUT2D eigenvalue weighted by atomic mass is 19.1. The molecule has 29 heavy (non-hydrogen) atoms. The Morgan fingerprint density at radius 3 is 2.62 bits per heavy atom. The number of hydrogen-bond donors (Lipinski definition) is 2. The lowest BCUT2D eigenvalue weighted by Gasteiger charge is -2.34. The number of carbonyl (C=O) groups is 1. The van der Waals surface area contributed by atoms with Crippen molar-refractivity contribution in [2.45, 2.75) is 25.9 Å². The van der Waals surface area contributed by atoms with E-state index in [1.54, 1.807) is 12.1 Å². The van der Waals surface area contributed by atoms with Gasteiger partial charge in [-0.15, -0.1) is 0 Å². The van der Waals surface area contributed by atoms with E-state index in [-0.39, 0.29) is 24.4 Å². The summed E-state index contributed by atoms with van der Waals surface area (Å²) in [6.45, 7) is 4.28. The standard InChI is InChI=1S/C22H27FN4O2/c1-2-24-22(25-16-21(28)26-18-8-6-7-17(23)15-18)27-13-11-20(12-14-27)29-19-9-4-3-5-10-19/h3-10,15,20H,2,11-14,16H2,1H3,(H,24,25)(H,26,28). The second-order valence-corrected chi connectivity index (χ2v) is 6.85. The van der Waals surface area contributed by atoms with Crippen LogP contribution in [-0.2, 0) is 4.79 Å². The molecule has 0 radical (unpaired) electrons. The lowest BCUT2D eigenvalue weighted by molar-refractivity contribution is -0.114. The maximum atomic E-state index is 13.2. The number of amides is 1. The van der Waals surface area contributed by atoms with Crippen molar-refractivity contribution in [1.82, 2.24) is 10.2 Å². The summed E-state index contributed by atoms with van der Waals surface area (Å²) in [5.41, 5.74) is 0.425. The summed E-state index contributed by atoms with van der Waals surface area (Å²) in [6, 6.07) is 15.7. The molecule has 1 amide bonds. The molecule has 1 aliphatic heterocycles. The van der Waals surface area contributed by atoms with Gasteiger partial charge >= 0.3 is 0 Å². The third-order valence-electron chi connectivity index (χ3n) is 4.60. The van der Waals surface area contributed by atoms with Crippen molar-refractivity contribution < 1.29 is 13.9 Å². The van der Waals surface area contributed by atoms with E-state index >= 15 is 0 Å². The van der Waals surface area contributed by atoms with Gasteiger partial charge in [0.2, 0.25) is 5.91 Å². The van der Waals surface area contributed by atoms with Gasteiger partial charge in [-0.1, -0.05) is 24.3 Å². The molecule has 0 atom stereocenters. The molecule has 0 unspecified atom stereocenters. The number of rotatable bonds is 6. The number of halogens is 1. The topological polar surface area (TPSA) is 66.0 Å². The first kappa shape index (κ1) is 20.6. The van der Waals surface area contributed by atoms with E-state index < -0.39 is 0 Å². The van der Waals surface area contributed by atoms with Crippen LogP contribution in [0.25, 0.3) is 0 Å². The zero-order valence-corrected chi connectivity index (χ0v) is 16.6. The Hall–Kier alpha value is -3.09. The molecule has 2 aromatic carbocycles. The number of piperidine rings is 1. The minimum Gasteiger partial charge on any atom is -0.490 e. The van der Waals surface area contributed by atoms with Crippen molar-refractivity contribution in [3.05, 3.63) is 60.4 Å². The van der Waals surface area contributed by atoms with Crippen LogP contribution in [0.2, 0.25) is 0 Å². The molecule has 2 N–H and O–H groups in total. The van der Waals surface area contributed by atoms with Crippen molar-refractivity contribution >= 4 is 17.6 Å². The van der Waals surface area contributed by atoms with Gasteiger partial charge in [0, 0.05) is 38.2 Å². The molecule has 0 spiro atoms. The molecule has 1 heterocycles. The second kappa shape index (κ2) is 10.5. The first-order valence-electron chi connectivity index (χ1n) is 9.94. The Morgan fingerprint density at radius 1 is 1.17 bits per heavy atom. The number of benzene rings is 2. The lowest BCUT2D eigenvalue weighted by atomic mass is 10.1. The Labute approximate surface area is 170 Å². The molecular formula is C22H27FN4O2. The van der Waals surface area contributed by atoms with Crippen LogP contribution in [0.1, 0.15) is 19.8 Å². The zero-order chi connectivity index (χ0) is 20.5. The molecule has 7 heteroatoms. The highest BCUT2D eigenvalue weighted by molar-refractivity contribution is 5.94. The van der Waals surface area contributed by atoms with E-state index in [1.807, 2.05) is 37.3 Å². The van der Waals surface area contributed by atoms with Crippen LogP contribution in [0.15, 0.2) is 59.6 Å². The minimum absolute atomic E-state index is 0.0285. The largest absolute Gasteiger partial charge is 0.490 e. The third-order valence-corrected chi connectivity index (χ3v) is 4.60. The molecule has 1 saturated heterocycles. The molecule has 6 nitrogen and oxygen atoms in total. The average molecular weight is 398 g/mol. The van der Waals surface area contributed by atoms with Crippen LogP contribution >= 0.6 is 0 Å². The monoisotopic (exact) mass is 398 g/mol. The number of likely N-dealkylation sites (tertiary alicyclic amines) is 1. The molecule has 2 aromatic rings. The Bertz CT molecular complexity index is 821. The fourth-order valence-corrected chi connectivity index (χ4v) is 3.22. The summed E-state index contributed by atoms with van der Waals surface area (Å²) < 4.78 is 19.3. The maximum Gasteiger partial charge on any atom is 0.246 e. The fourth-order valence-electron chi connectivity index (χ4n) is 3.22. The van der Waals surface area contributed by atoms with Crippen molar-refractivity contribution in [1.29, 1.82) is 0 Å². The molecule has 0 bridgehead atoms. The zero-order valence-electron chi connectivity index (χ0n) is 16.6. The van der Waals surface area contributed by atoms with Crippen molar-refractivity contribution in [2.24, 2.45) is 4.99 Å². The van der Waals surface area contributed by atoms with E-state index in [9.17, 15) is 9.18 Å². The molecule has 154 valence electrons. The normalized spacial score (nSPS) is 15.1. The average Bonchev–Trinajstić information content (AvgIpc) is 2.72.